The standard InChI is InChI=1S/C45H33NS.C34H23NS.C31H23NS.C30H21NS/c1-45(2)41-19-11-9-17-37(41)38-23-21-35(29-42(38)45)46(34-22-24-44-40(28-34)39-18-10-12-20-43(39)47-44)36-26-32(30-13-5-3-6-14-30)25-33(27-36)31-15-7-4-8-16-31;1-2-12-26(13-3-1)35(32-18-8-11-24-10-4-5-14-28(24)32)27-22-20-25(21-23-27)29-16-9-17-31-30-15-6-7-19-33(30)36-34(29)31;1-22-9-7-12-26(21-22)32(24-10-3-2-4-11-24)25-19-17-23(18-20-25)27-14-8-15-29-28-13-5-6-16-30(28)33-31(27)29;1-3-10-23(11-4-1)31(24-12-5-2-6-13-24)25-20-18-22(19-21-25)26-15-9-16-28-27-14-7-8-17-29(27)32-30(26)28/h3-29H,1-2H3;1-23H;2-21H,1H3;1-21H. The molecule has 4 aromatic heterocycles. The topological polar surface area (TPSA) is 13.0 Å². The molecule has 0 saturated carbocycles. The molecule has 27 aromatic rings. The number of rotatable bonds is 17. The van der Waals surface area contributed by atoms with Crippen molar-refractivity contribution < 1.29 is 0 Å². The third-order valence-electron chi connectivity index (χ3n) is 28.7. The van der Waals surface area contributed by atoms with Gasteiger partial charge in [-0.3, -0.25) is 0 Å². The minimum absolute atomic E-state index is 0.0950. The molecule has 0 saturated heterocycles. The highest BCUT2D eigenvalue weighted by atomic mass is 32.1. The summed E-state index contributed by atoms with van der Waals surface area (Å²) >= 11 is 7.50. The zero-order valence-electron chi connectivity index (χ0n) is 82.0. The lowest BCUT2D eigenvalue weighted by Gasteiger charge is -2.29. The molecule has 0 aliphatic heterocycles. The van der Waals surface area contributed by atoms with Crippen LogP contribution in [0.3, 0.4) is 0 Å². The van der Waals surface area contributed by atoms with Crippen molar-refractivity contribution in [1.82, 2.24) is 0 Å². The van der Waals surface area contributed by atoms with Gasteiger partial charge in [-0.05, 0) is 272 Å². The average molecular weight is 1970 g/mol. The largest absolute Gasteiger partial charge is 0.311 e. The van der Waals surface area contributed by atoms with E-state index in [2.05, 4.69) is 592 Å². The van der Waals surface area contributed by atoms with Gasteiger partial charge in [-0.15, -0.1) is 45.3 Å². The first-order chi connectivity index (χ1) is 73.1. The molecular weight excluding hydrogens is 1870 g/mol. The molecule has 0 atom stereocenters. The van der Waals surface area contributed by atoms with E-state index < -0.39 is 0 Å². The van der Waals surface area contributed by atoms with Gasteiger partial charge in [-0.2, -0.15) is 0 Å². The van der Waals surface area contributed by atoms with Crippen LogP contribution in [0, 0.1) is 6.92 Å². The molecular formula is C140H100N4S4. The van der Waals surface area contributed by atoms with Crippen LogP contribution >= 0.6 is 45.3 Å². The van der Waals surface area contributed by atoms with Gasteiger partial charge in [0.1, 0.15) is 0 Å². The van der Waals surface area contributed by atoms with Crippen LogP contribution in [0.2, 0.25) is 0 Å². The summed E-state index contributed by atoms with van der Waals surface area (Å²) in [5.41, 5.74) is 32.8. The molecule has 4 nitrogen and oxygen atoms in total. The Bertz CT molecular complexity index is 9410. The van der Waals surface area contributed by atoms with Crippen molar-refractivity contribution in [1.29, 1.82) is 0 Å². The molecule has 148 heavy (non-hydrogen) atoms. The fourth-order valence-corrected chi connectivity index (χ4v) is 26.4. The third kappa shape index (κ3) is 17.8. The maximum absolute atomic E-state index is 2.46. The Morgan fingerprint density at radius 3 is 0.939 bits per heavy atom. The van der Waals surface area contributed by atoms with Crippen molar-refractivity contribution in [2.45, 2.75) is 26.2 Å². The zero-order valence-corrected chi connectivity index (χ0v) is 85.2. The summed E-state index contributed by atoms with van der Waals surface area (Å²) in [6.07, 6.45) is 0. The average Bonchev–Trinajstić information content (AvgIpc) is 1.57. The van der Waals surface area contributed by atoms with E-state index in [0.717, 1.165) is 56.9 Å². The van der Waals surface area contributed by atoms with Crippen LogP contribution in [0.5, 0.6) is 0 Å². The highest BCUT2D eigenvalue weighted by molar-refractivity contribution is 7.27. The summed E-state index contributed by atoms with van der Waals surface area (Å²) in [6.45, 7) is 6.86. The second-order valence-corrected chi connectivity index (χ2v) is 42.4. The highest BCUT2D eigenvalue weighted by Gasteiger charge is 2.36. The first kappa shape index (κ1) is 91.6. The van der Waals surface area contributed by atoms with Gasteiger partial charge in [-0.25, -0.2) is 0 Å². The summed E-state index contributed by atoms with van der Waals surface area (Å²) in [7, 11) is 0. The van der Waals surface area contributed by atoms with E-state index >= 15 is 0 Å². The minimum Gasteiger partial charge on any atom is -0.311 e. The van der Waals surface area contributed by atoms with Gasteiger partial charge < -0.3 is 19.6 Å². The maximum Gasteiger partial charge on any atom is 0.0540 e. The van der Waals surface area contributed by atoms with Crippen molar-refractivity contribution in [2.24, 2.45) is 0 Å². The molecule has 704 valence electrons. The molecule has 28 rings (SSSR count). The second-order valence-electron chi connectivity index (χ2n) is 38.2. The number of para-hydroxylation sites is 4. The van der Waals surface area contributed by atoms with Gasteiger partial charge in [0.2, 0.25) is 0 Å². The van der Waals surface area contributed by atoms with E-state index in [4.69, 9.17) is 0 Å². The molecule has 0 amide bonds. The van der Waals surface area contributed by atoms with E-state index in [1.807, 2.05) is 45.3 Å². The SMILES string of the molecule is CC1(C)c2ccccc2-c2ccc(N(c3cc(-c4ccccc4)cc(-c4ccccc4)c3)c3ccc4sc5ccccc5c4c3)cc21.Cc1cccc(N(c2ccccc2)c2ccc(-c3cccc4c3sc3ccccc34)cc2)c1.c1ccc(N(c2ccc(-c3cccc4c3sc3ccccc34)cc2)c2cccc3ccccc23)cc1.c1ccc(N(c2ccccc2)c2ccc(-c3cccc4c3sc3ccccc34)cc2)cc1. The molecule has 8 heteroatoms. The molecule has 0 N–H and O–H groups in total. The summed E-state index contributed by atoms with van der Waals surface area (Å²) in [4.78, 5) is 9.43. The first-order valence-corrected chi connectivity index (χ1v) is 53.7. The molecule has 0 radical (unpaired) electrons. The fraction of sp³-hybridized carbons (Fsp3) is 0.0286. The van der Waals surface area contributed by atoms with E-state index in [1.54, 1.807) is 0 Å². The van der Waals surface area contributed by atoms with Crippen molar-refractivity contribution >= 4 is 205 Å². The number of thiophene rings is 4. The summed E-state index contributed by atoms with van der Waals surface area (Å²) in [5.74, 6) is 0. The Kier molecular flexibility index (Phi) is 24.9. The number of hydrogen-bond donors (Lipinski definition) is 0. The predicted molar refractivity (Wildman–Crippen MR) is 643 cm³/mol. The fourth-order valence-electron chi connectivity index (χ4n) is 21.6. The molecule has 4 heterocycles. The molecule has 1 aliphatic rings. The Labute approximate surface area is 879 Å². The highest BCUT2D eigenvalue weighted by Crippen LogP contribution is 2.54. The van der Waals surface area contributed by atoms with Gasteiger partial charge in [-0.1, -0.05) is 390 Å². The van der Waals surface area contributed by atoms with Crippen LogP contribution in [0.1, 0.15) is 30.5 Å². The minimum atomic E-state index is -0.0950. The monoisotopic (exact) mass is 1960 g/mol. The smallest absolute Gasteiger partial charge is 0.0540 e. The number of anilines is 12. The number of fused-ring (bicyclic) bond motifs is 16. The van der Waals surface area contributed by atoms with E-state index in [1.165, 1.54) is 186 Å². The zero-order chi connectivity index (χ0) is 99.0. The lowest BCUT2D eigenvalue weighted by molar-refractivity contribution is 0.660. The maximum atomic E-state index is 2.46. The Morgan fingerprint density at radius 1 is 0.162 bits per heavy atom. The lowest BCUT2D eigenvalue weighted by atomic mass is 9.82. The normalized spacial score (nSPS) is 11.8. The molecule has 23 aromatic carbocycles. The van der Waals surface area contributed by atoms with Crippen molar-refractivity contribution in [3.8, 4) is 66.8 Å². The summed E-state index contributed by atoms with van der Waals surface area (Å²) in [6, 6.07) is 199. The van der Waals surface area contributed by atoms with Crippen LogP contribution in [0.4, 0.5) is 68.2 Å². The lowest BCUT2D eigenvalue weighted by Crippen LogP contribution is -2.16. The van der Waals surface area contributed by atoms with Crippen LogP contribution in [-0.4, -0.2) is 0 Å². The number of benzene rings is 23. The molecule has 0 bridgehead atoms. The molecule has 0 fully saturated rings. The summed E-state index contributed by atoms with van der Waals surface area (Å²) < 4.78 is 10.7. The van der Waals surface area contributed by atoms with Crippen LogP contribution < -0.4 is 19.6 Å². The van der Waals surface area contributed by atoms with Gasteiger partial charge in [0.25, 0.3) is 0 Å². The van der Waals surface area contributed by atoms with Gasteiger partial charge in [0.05, 0.1) is 5.69 Å². The number of hydrogen-bond acceptors (Lipinski definition) is 8. The number of nitrogens with zero attached hydrogens (tertiary/aromatic N) is 4. The van der Waals surface area contributed by atoms with Crippen molar-refractivity contribution in [3.05, 3.63) is 569 Å². The second kappa shape index (κ2) is 40.2. The van der Waals surface area contributed by atoms with Crippen LogP contribution in [0.15, 0.2) is 552 Å². The summed E-state index contributed by atoms with van der Waals surface area (Å²) in [5, 5.41) is 13.1. The number of aryl methyl sites for hydroxylation is 1. The first-order valence-electron chi connectivity index (χ1n) is 50.5. The van der Waals surface area contributed by atoms with E-state index in [-0.39, 0.29) is 5.41 Å². The molecule has 0 spiro atoms. The molecule has 0 unspecified atom stereocenters. The van der Waals surface area contributed by atoms with E-state index in [0.29, 0.717) is 0 Å². The molecule has 1 aliphatic carbocycles. The third-order valence-corrected chi connectivity index (χ3v) is 33.5. The van der Waals surface area contributed by atoms with Crippen LogP contribution in [0.25, 0.3) is 158 Å². The van der Waals surface area contributed by atoms with Crippen LogP contribution in [-0.2, 0) is 5.41 Å². The van der Waals surface area contributed by atoms with Gasteiger partial charge in [0.15, 0.2) is 0 Å². The Balaban J connectivity index is 0.000000104. The Hall–Kier alpha value is -17.6. The van der Waals surface area contributed by atoms with Crippen molar-refractivity contribution in [3.63, 3.8) is 0 Å². The van der Waals surface area contributed by atoms with Crippen molar-refractivity contribution in [2.75, 3.05) is 19.6 Å². The quantitative estimate of drug-likeness (QED) is 0.0901. The van der Waals surface area contributed by atoms with Gasteiger partial charge in [0, 0.05) is 154 Å². The Morgan fingerprint density at radius 2 is 0.466 bits per heavy atom. The predicted octanol–water partition coefficient (Wildman–Crippen LogP) is 42.2. The van der Waals surface area contributed by atoms with Gasteiger partial charge >= 0.3 is 0 Å². The van der Waals surface area contributed by atoms with E-state index in [9.17, 15) is 0 Å².